The fourth-order valence-electron chi connectivity index (χ4n) is 3.94. The Labute approximate surface area is 199 Å². The molecule has 1 amide bonds. The third kappa shape index (κ3) is 5.74. The van der Waals surface area contributed by atoms with Gasteiger partial charge in [-0.25, -0.2) is 4.98 Å². The maximum atomic E-state index is 12.3. The Balaban J connectivity index is 1.32. The molecule has 0 saturated carbocycles. The number of hydrogen-bond donors (Lipinski definition) is 1. The lowest BCUT2D eigenvalue weighted by Gasteiger charge is -2.11. The van der Waals surface area contributed by atoms with E-state index in [9.17, 15) is 4.79 Å². The first kappa shape index (κ1) is 22.9. The summed E-state index contributed by atoms with van der Waals surface area (Å²) in [5, 5.41) is 3.76. The number of carbonyl (C=O) groups excluding carboxylic acids is 1. The van der Waals surface area contributed by atoms with Crippen molar-refractivity contribution in [2.45, 2.75) is 32.2 Å². The number of amides is 1. The number of aromatic nitrogens is 2. The molecule has 1 aromatic heterocycles. The Morgan fingerprint density at radius 1 is 1.00 bits per heavy atom. The number of rotatable bonds is 10. The smallest absolute Gasteiger partial charge is 0.251 e. The summed E-state index contributed by atoms with van der Waals surface area (Å²) in [4.78, 5) is 17.2. The summed E-state index contributed by atoms with van der Waals surface area (Å²) in [6.45, 7) is 1.35. The Kier molecular flexibility index (Phi) is 7.63. The van der Waals surface area contributed by atoms with Crippen molar-refractivity contribution in [1.82, 2.24) is 14.9 Å². The number of halogens is 1. The molecular formula is C27H28ClN3O2. The van der Waals surface area contributed by atoms with E-state index < -0.39 is 0 Å². The summed E-state index contributed by atoms with van der Waals surface area (Å²) >= 11 is 6.42. The van der Waals surface area contributed by atoms with Crippen molar-refractivity contribution in [3.05, 3.63) is 94.8 Å². The van der Waals surface area contributed by atoms with Gasteiger partial charge in [-0.3, -0.25) is 4.79 Å². The molecule has 0 aliphatic carbocycles. The highest BCUT2D eigenvalue weighted by Gasteiger charge is 2.12. The van der Waals surface area contributed by atoms with E-state index in [2.05, 4.69) is 28.1 Å². The minimum Gasteiger partial charge on any atom is -0.497 e. The number of unbranched alkanes of at least 4 members (excludes halogenated alkanes) is 2. The lowest BCUT2D eigenvalue weighted by atomic mass is 10.1. The van der Waals surface area contributed by atoms with Gasteiger partial charge in [-0.15, -0.1) is 0 Å². The normalized spacial score (nSPS) is 11.0. The average Bonchev–Trinajstić information content (AvgIpc) is 3.19. The minimum atomic E-state index is -0.0737. The Hall–Kier alpha value is -3.31. The van der Waals surface area contributed by atoms with Gasteiger partial charge in [0.25, 0.3) is 5.91 Å². The maximum absolute atomic E-state index is 12.3. The SMILES string of the molecule is COc1cccc(C(=O)NCCCCCc2nc3ccccc3n2Cc2ccccc2Cl)c1. The zero-order valence-electron chi connectivity index (χ0n) is 18.8. The van der Waals surface area contributed by atoms with Crippen LogP contribution in [-0.4, -0.2) is 29.1 Å². The van der Waals surface area contributed by atoms with Crippen LogP contribution in [0.5, 0.6) is 5.75 Å². The molecule has 170 valence electrons. The van der Waals surface area contributed by atoms with Gasteiger partial charge >= 0.3 is 0 Å². The molecule has 0 fully saturated rings. The van der Waals surface area contributed by atoms with E-state index in [1.54, 1.807) is 19.2 Å². The Morgan fingerprint density at radius 2 is 1.82 bits per heavy atom. The van der Waals surface area contributed by atoms with Gasteiger partial charge in [-0.1, -0.05) is 54.4 Å². The van der Waals surface area contributed by atoms with Crippen LogP contribution in [0, 0.1) is 0 Å². The fraction of sp³-hybridized carbons (Fsp3) is 0.259. The van der Waals surface area contributed by atoms with Crippen molar-refractivity contribution < 1.29 is 9.53 Å². The molecule has 0 unspecified atom stereocenters. The van der Waals surface area contributed by atoms with E-state index in [1.807, 2.05) is 42.5 Å². The molecule has 0 saturated heterocycles. The van der Waals surface area contributed by atoms with Crippen LogP contribution in [0.3, 0.4) is 0 Å². The van der Waals surface area contributed by atoms with Gasteiger partial charge in [-0.2, -0.15) is 0 Å². The summed E-state index contributed by atoms with van der Waals surface area (Å²) in [5.41, 5.74) is 3.83. The number of benzene rings is 3. The van der Waals surface area contributed by atoms with Crippen molar-refractivity contribution in [2.75, 3.05) is 13.7 Å². The van der Waals surface area contributed by atoms with E-state index in [-0.39, 0.29) is 5.91 Å². The number of aryl methyl sites for hydroxylation is 1. The second-order valence-electron chi connectivity index (χ2n) is 7.99. The van der Waals surface area contributed by atoms with Crippen LogP contribution in [0.1, 0.15) is 41.0 Å². The molecule has 0 radical (unpaired) electrons. The van der Waals surface area contributed by atoms with Gasteiger partial charge in [0.2, 0.25) is 0 Å². The Bertz CT molecular complexity index is 1240. The summed E-state index contributed by atoms with van der Waals surface area (Å²) < 4.78 is 7.45. The molecule has 0 bridgehead atoms. The molecule has 0 spiro atoms. The molecule has 4 rings (SSSR count). The van der Waals surface area contributed by atoms with Crippen molar-refractivity contribution in [3.63, 3.8) is 0 Å². The quantitative estimate of drug-likeness (QED) is 0.299. The molecule has 4 aromatic rings. The van der Waals surface area contributed by atoms with Crippen molar-refractivity contribution in [2.24, 2.45) is 0 Å². The van der Waals surface area contributed by atoms with Crippen LogP contribution in [0.4, 0.5) is 0 Å². The summed E-state index contributed by atoms with van der Waals surface area (Å²) in [5.74, 6) is 1.68. The second-order valence-corrected chi connectivity index (χ2v) is 8.40. The number of nitrogens with one attached hydrogen (secondary N) is 1. The van der Waals surface area contributed by atoms with Gasteiger partial charge in [0.15, 0.2) is 0 Å². The minimum absolute atomic E-state index is 0.0737. The number of nitrogens with zero attached hydrogens (tertiary/aromatic N) is 2. The standard InChI is InChI=1S/C27H28ClN3O2/c1-33-22-12-9-11-20(18-22)27(32)29-17-8-2-3-16-26-30-24-14-6-7-15-25(24)31(26)19-21-10-4-5-13-23(21)28/h4-7,9-15,18H,2-3,8,16-17,19H2,1H3,(H,29,32). The third-order valence-corrected chi connectivity index (χ3v) is 6.08. The first-order valence-electron chi connectivity index (χ1n) is 11.3. The average molecular weight is 462 g/mol. The zero-order valence-corrected chi connectivity index (χ0v) is 19.5. The highest BCUT2D eigenvalue weighted by atomic mass is 35.5. The monoisotopic (exact) mass is 461 g/mol. The van der Waals surface area contributed by atoms with Crippen LogP contribution < -0.4 is 10.1 Å². The number of fused-ring (bicyclic) bond motifs is 1. The predicted octanol–water partition coefficient (Wildman–Crippen LogP) is 5.89. The van der Waals surface area contributed by atoms with Gasteiger partial charge in [0.05, 0.1) is 24.7 Å². The van der Waals surface area contributed by atoms with Crippen LogP contribution in [0.2, 0.25) is 5.02 Å². The maximum Gasteiger partial charge on any atom is 0.251 e. The van der Waals surface area contributed by atoms with Gasteiger partial charge < -0.3 is 14.6 Å². The van der Waals surface area contributed by atoms with E-state index in [0.717, 1.165) is 53.1 Å². The molecule has 0 atom stereocenters. The van der Waals surface area contributed by atoms with Gasteiger partial charge in [0.1, 0.15) is 11.6 Å². The molecule has 1 heterocycles. The summed E-state index contributed by atoms with van der Waals surface area (Å²) in [6.07, 6.45) is 3.80. The molecule has 0 aliphatic rings. The highest BCUT2D eigenvalue weighted by molar-refractivity contribution is 6.31. The van der Waals surface area contributed by atoms with E-state index in [0.29, 0.717) is 24.4 Å². The lowest BCUT2D eigenvalue weighted by molar-refractivity contribution is 0.0952. The topological polar surface area (TPSA) is 56.1 Å². The molecular weight excluding hydrogens is 434 g/mol. The lowest BCUT2D eigenvalue weighted by Crippen LogP contribution is -2.24. The molecule has 3 aromatic carbocycles. The van der Waals surface area contributed by atoms with Crippen LogP contribution in [0.15, 0.2) is 72.8 Å². The first-order valence-corrected chi connectivity index (χ1v) is 11.6. The zero-order chi connectivity index (χ0) is 23.0. The number of ether oxygens (including phenoxy) is 1. The van der Waals surface area contributed by atoms with Crippen molar-refractivity contribution in [1.29, 1.82) is 0 Å². The largest absolute Gasteiger partial charge is 0.497 e. The van der Waals surface area contributed by atoms with Crippen LogP contribution >= 0.6 is 11.6 Å². The number of imidazole rings is 1. The van der Waals surface area contributed by atoms with E-state index >= 15 is 0 Å². The van der Waals surface area contributed by atoms with Crippen molar-refractivity contribution in [3.8, 4) is 5.75 Å². The molecule has 6 heteroatoms. The summed E-state index contributed by atoms with van der Waals surface area (Å²) in [7, 11) is 1.60. The van der Waals surface area contributed by atoms with E-state index in [4.69, 9.17) is 21.3 Å². The van der Waals surface area contributed by atoms with Gasteiger partial charge in [-0.05, 0) is 54.8 Å². The van der Waals surface area contributed by atoms with Gasteiger partial charge in [0, 0.05) is 23.6 Å². The van der Waals surface area contributed by atoms with E-state index in [1.165, 1.54) is 0 Å². The second kappa shape index (κ2) is 11.0. The molecule has 1 N–H and O–H groups in total. The number of carbonyl (C=O) groups is 1. The molecule has 5 nitrogen and oxygen atoms in total. The Morgan fingerprint density at radius 3 is 2.67 bits per heavy atom. The highest BCUT2D eigenvalue weighted by Crippen LogP contribution is 2.23. The third-order valence-electron chi connectivity index (χ3n) is 5.71. The fourth-order valence-corrected chi connectivity index (χ4v) is 4.14. The predicted molar refractivity (Wildman–Crippen MR) is 133 cm³/mol. The number of hydrogen-bond acceptors (Lipinski definition) is 3. The summed E-state index contributed by atoms with van der Waals surface area (Å²) in [6, 6.07) is 23.4. The number of methoxy groups -OCH3 is 1. The molecule has 0 aliphatic heterocycles. The van der Waals surface area contributed by atoms with Crippen LogP contribution in [-0.2, 0) is 13.0 Å². The number of para-hydroxylation sites is 2. The molecule has 33 heavy (non-hydrogen) atoms. The first-order chi connectivity index (χ1) is 16.2. The van der Waals surface area contributed by atoms with Crippen molar-refractivity contribution >= 4 is 28.5 Å². The van der Waals surface area contributed by atoms with Crippen LogP contribution in [0.25, 0.3) is 11.0 Å².